The normalized spacial score (nSPS) is 18.0. The lowest BCUT2D eigenvalue weighted by Crippen LogP contribution is -2.37. The molecular formula is C25H33N7O2. The summed E-state index contributed by atoms with van der Waals surface area (Å²) < 4.78 is 7.47. The molecule has 2 aliphatic heterocycles. The van der Waals surface area contributed by atoms with E-state index in [2.05, 4.69) is 34.7 Å². The molecule has 0 spiro atoms. The van der Waals surface area contributed by atoms with Crippen molar-refractivity contribution in [2.24, 2.45) is 5.10 Å². The summed E-state index contributed by atoms with van der Waals surface area (Å²) in [5.41, 5.74) is 6.63. The van der Waals surface area contributed by atoms with Crippen LogP contribution in [0.15, 0.2) is 53.7 Å². The monoisotopic (exact) mass is 463 g/mol. The highest BCUT2D eigenvalue weighted by atomic mass is 16.5. The molecule has 0 radical (unpaired) electrons. The van der Waals surface area contributed by atoms with Gasteiger partial charge >= 0.3 is 0 Å². The average molecular weight is 464 g/mol. The highest BCUT2D eigenvalue weighted by molar-refractivity contribution is 5.83. The van der Waals surface area contributed by atoms with Gasteiger partial charge in [-0.2, -0.15) is 14.7 Å². The van der Waals surface area contributed by atoms with Gasteiger partial charge in [-0.1, -0.05) is 30.9 Å². The van der Waals surface area contributed by atoms with Gasteiger partial charge in [0, 0.05) is 51.2 Å². The van der Waals surface area contributed by atoms with Crippen LogP contribution in [0.1, 0.15) is 38.3 Å². The molecule has 1 N–H and O–H groups in total. The third-order valence-corrected chi connectivity index (χ3v) is 6.16. The molecule has 0 aliphatic carbocycles. The quantitative estimate of drug-likeness (QED) is 0.385. The van der Waals surface area contributed by atoms with Crippen molar-refractivity contribution >= 4 is 29.4 Å². The molecule has 0 saturated carbocycles. The molecule has 1 amide bonds. The van der Waals surface area contributed by atoms with Gasteiger partial charge < -0.3 is 14.5 Å². The fraction of sp³-hybridized carbons (Fsp3) is 0.440. The van der Waals surface area contributed by atoms with E-state index in [0.29, 0.717) is 24.9 Å². The molecule has 2 saturated heterocycles. The number of allylic oxidation sites excluding steroid dienone is 4. The molecule has 180 valence electrons. The Morgan fingerprint density at radius 2 is 1.94 bits per heavy atom. The Kier molecular flexibility index (Phi) is 7.42. The lowest BCUT2D eigenvalue weighted by Gasteiger charge is -2.30. The third-order valence-electron chi connectivity index (χ3n) is 6.16. The zero-order valence-electron chi connectivity index (χ0n) is 20.0. The van der Waals surface area contributed by atoms with E-state index in [0.717, 1.165) is 67.3 Å². The van der Waals surface area contributed by atoms with E-state index in [9.17, 15) is 4.79 Å². The number of hydrazone groups is 1. The van der Waals surface area contributed by atoms with Crippen LogP contribution in [0.5, 0.6) is 0 Å². The number of aromatic nitrogens is 3. The van der Waals surface area contributed by atoms with Crippen molar-refractivity contribution < 1.29 is 9.53 Å². The van der Waals surface area contributed by atoms with Crippen LogP contribution in [-0.4, -0.2) is 71.0 Å². The zero-order valence-corrected chi connectivity index (χ0v) is 20.0. The first kappa shape index (κ1) is 23.7. The van der Waals surface area contributed by atoms with Crippen LogP contribution in [0.4, 0.5) is 11.6 Å². The molecule has 2 aromatic heterocycles. The number of carbonyl (C=O) groups is 1. The molecule has 0 unspecified atom stereocenters. The average Bonchev–Trinajstić information content (AvgIpc) is 3.27. The summed E-state index contributed by atoms with van der Waals surface area (Å²) in [5, 5.41) is 9.30. The van der Waals surface area contributed by atoms with Gasteiger partial charge in [0.25, 0.3) is 0 Å². The maximum atomic E-state index is 11.7. The van der Waals surface area contributed by atoms with Gasteiger partial charge in [0.2, 0.25) is 5.91 Å². The number of hydrogen-bond donors (Lipinski definition) is 1. The van der Waals surface area contributed by atoms with Crippen LogP contribution in [0, 0.1) is 0 Å². The van der Waals surface area contributed by atoms with Crippen molar-refractivity contribution in [1.29, 1.82) is 0 Å². The largest absolute Gasteiger partial charge is 0.378 e. The molecule has 4 heterocycles. The van der Waals surface area contributed by atoms with Crippen molar-refractivity contribution in [2.75, 3.05) is 49.7 Å². The van der Waals surface area contributed by atoms with Gasteiger partial charge in [-0.05, 0) is 25.3 Å². The number of piperidine rings is 1. The summed E-state index contributed by atoms with van der Waals surface area (Å²) >= 11 is 0. The first-order valence-electron chi connectivity index (χ1n) is 11.7. The Morgan fingerprint density at radius 3 is 2.59 bits per heavy atom. The molecule has 0 aromatic carbocycles. The number of hydrogen-bond acceptors (Lipinski definition) is 7. The molecule has 0 atom stereocenters. The topological polar surface area (TPSA) is 87.4 Å². The lowest BCUT2D eigenvalue weighted by molar-refractivity contribution is -0.129. The number of rotatable bonds is 7. The molecule has 9 heteroatoms. The Labute approximate surface area is 200 Å². The number of fused-ring (bicyclic) bond motifs is 1. The third kappa shape index (κ3) is 5.53. The Hall–Kier alpha value is -3.46. The van der Waals surface area contributed by atoms with E-state index < -0.39 is 0 Å². The number of likely N-dealkylation sites (tertiary alicyclic amines) is 1. The van der Waals surface area contributed by atoms with E-state index >= 15 is 0 Å². The minimum absolute atomic E-state index is 0.138. The zero-order chi connectivity index (χ0) is 24.1. The summed E-state index contributed by atoms with van der Waals surface area (Å²) in [4.78, 5) is 20.6. The maximum absolute atomic E-state index is 11.7. The number of nitrogens with zero attached hydrogens (tertiary/aromatic N) is 6. The Balaban J connectivity index is 1.62. The van der Waals surface area contributed by atoms with Crippen LogP contribution in [0.3, 0.4) is 0 Å². The summed E-state index contributed by atoms with van der Waals surface area (Å²) in [6.07, 6.45) is 7.16. The molecule has 9 nitrogen and oxygen atoms in total. The fourth-order valence-electron chi connectivity index (χ4n) is 4.35. The van der Waals surface area contributed by atoms with Crippen LogP contribution >= 0.6 is 0 Å². The Morgan fingerprint density at radius 1 is 1.21 bits per heavy atom. The molecule has 34 heavy (non-hydrogen) atoms. The molecular weight excluding hydrogens is 430 g/mol. The summed E-state index contributed by atoms with van der Waals surface area (Å²) in [7, 11) is 0. The predicted octanol–water partition coefficient (Wildman–Crippen LogP) is 3.38. The Bertz CT molecular complexity index is 1120. The number of morpholine rings is 1. The van der Waals surface area contributed by atoms with Crippen molar-refractivity contribution in [3.8, 4) is 0 Å². The van der Waals surface area contributed by atoms with E-state index in [1.807, 2.05) is 28.5 Å². The van der Waals surface area contributed by atoms with Crippen LogP contribution < -0.4 is 10.3 Å². The summed E-state index contributed by atoms with van der Waals surface area (Å²) in [6, 6.07) is 4.03. The van der Waals surface area contributed by atoms with E-state index in [-0.39, 0.29) is 5.91 Å². The van der Waals surface area contributed by atoms with Gasteiger partial charge in [-0.3, -0.25) is 10.2 Å². The predicted molar refractivity (Wildman–Crippen MR) is 135 cm³/mol. The second-order valence-corrected chi connectivity index (χ2v) is 8.78. The van der Waals surface area contributed by atoms with Crippen LogP contribution in [0.25, 0.3) is 5.65 Å². The second-order valence-electron chi connectivity index (χ2n) is 8.78. The molecule has 4 rings (SSSR count). The molecule has 2 aromatic rings. The highest BCUT2D eigenvalue weighted by Crippen LogP contribution is 2.30. The number of carbonyl (C=O) groups excluding carboxylic acids is 1. The van der Waals surface area contributed by atoms with E-state index in [1.165, 1.54) is 0 Å². The minimum atomic E-state index is 0.138. The van der Waals surface area contributed by atoms with Crippen molar-refractivity contribution in [3.05, 3.63) is 54.3 Å². The van der Waals surface area contributed by atoms with Crippen molar-refractivity contribution in [1.82, 2.24) is 19.5 Å². The smallest absolute Gasteiger partial charge is 0.219 e. The first-order valence-corrected chi connectivity index (χ1v) is 11.7. The summed E-state index contributed by atoms with van der Waals surface area (Å²) in [6.45, 7) is 15.7. The van der Waals surface area contributed by atoms with Gasteiger partial charge in [-0.25, -0.2) is 4.98 Å². The first-order chi connectivity index (χ1) is 16.4. The summed E-state index contributed by atoms with van der Waals surface area (Å²) in [5.74, 6) is 2.05. The number of anilines is 2. The second kappa shape index (κ2) is 10.6. The van der Waals surface area contributed by atoms with Gasteiger partial charge in [0.1, 0.15) is 5.82 Å². The van der Waals surface area contributed by atoms with E-state index in [1.54, 1.807) is 19.2 Å². The fourth-order valence-corrected chi connectivity index (χ4v) is 4.35. The van der Waals surface area contributed by atoms with Crippen LogP contribution in [-0.2, 0) is 9.53 Å². The standard InChI is InChI=1S/C25H33N7O2/c1-5-20(14-18(2)3)17-26-28-23-16-25(31-10-12-34-13-11-31)32-24(27-23)15-22(29-32)21-6-8-30(9-7-21)19(4)33/h5,14-17,21H,1-2,6-13H2,3-4H3,(H,27,28)/b20-14+,26-17+. The molecule has 2 aliphatic rings. The van der Waals surface area contributed by atoms with Crippen molar-refractivity contribution in [2.45, 2.75) is 32.6 Å². The van der Waals surface area contributed by atoms with Gasteiger partial charge in [0.05, 0.1) is 25.1 Å². The van der Waals surface area contributed by atoms with Crippen LogP contribution in [0.2, 0.25) is 0 Å². The maximum Gasteiger partial charge on any atom is 0.219 e. The molecule has 0 bridgehead atoms. The van der Waals surface area contributed by atoms with Gasteiger partial charge in [-0.15, -0.1) is 0 Å². The molecule has 2 fully saturated rings. The minimum Gasteiger partial charge on any atom is -0.378 e. The SMILES string of the molecule is C=CC(/C=N/Nc1cc(N2CCOCC2)n2nc(C3CCN(C(C)=O)CC3)cc2n1)=C\C(=C)C. The lowest BCUT2D eigenvalue weighted by atomic mass is 9.94. The van der Waals surface area contributed by atoms with E-state index in [4.69, 9.17) is 14.8 Å². The number of ether oxygens (including phenoxy) is 1. The highest BCUT2D eigenvalue weighted by Gasteiger charge is 2.25. The number of nitrogens with one attached hydrogen (secondary N) is 1. The van der Waals surface area contributed by atoms with Gasteiger partial charge in [0.15, 0.2) is 11.5 Å². The van der Waals surface area contributed by atoms with Crippen molar-refractivity contribution in [3.63, 3.8) is 0 Å². The number of amides is 1.